The number of aryl methyl sites for hydroxylation is 3. The number of nitrogens with zero attached hydrogens (tertiary/aromatic N) is 5. The average molecular weight is 527 g/mol. The second-order valence-corrected chi connectivity index (χ2v) is 9.11. The van der Waals surface area contributed by atoms with Crippen LogP contribution in [-0.2, 0) is 24.8 Å². The number of carboxylic acids is 1. The summed E-state index contributed by atoms with van der Waals surface area (Å²) in [4.78, 5) is 21.1. The van der Waals surface area contributed by atoms with Gasteiger partial charge in [0.1, 0.15) is 5.82 Å². The summed E-state index contributed by atoms with van der Waals surface area (Å²) in [7, 11) is 2.04. The number of H-pyrrole nitrogens is 1. The molecule has 2 aromatic heterocycles. The number of alkyl halides is 3. The van der Waals surface area contributed by atoms with Gasteiger partial charge in [0.25, 0.3) is 0 Å². The van der Waals surface area contributed by atoms with Gasteiger partial charge in [-0.3, -0.25) is 4.68 Å². The first-order chi connectivity index (χ1) is 16.9. The number of aromatic nitrogens is 4. The molecule has 0 fully saturated rings. The minimum absolute atomic E-state index is 0.771. The van der Waals surface area contributed by atoms with Crippen molar-refractivity contribution < 1.29 is 23.1 Å². The van der Waals surface area contributed by atoms with Crippen LogP contribution in [0.25, 0.3) is 0 Å². The van der Waals surface area contributed by atoms with Gasteiger partial charge in [-0.1, -0.05) is 24.6 Å². The normalized spacial score (nSPS) is 13.2. The number of hydrogen-bond donors (Lipinski definition) is 2. The van der Waals surface area contributed by atoms with Gasteiger partial charge in [-0.05, 0) is 50.3 Å². The molecule has 0 saturated heterocycles. The number of rotatable bonds is 6. The van der Waals surface area contributed by atoms with Crippen molar-refractivity contribution in [3.63, 3.8) is 0 Å². The third kappa shape index (κ3) is 6.13. The third-order valence-electron chi connectivity index (χ3n) is 5.77. The Labute approximate surface area is 212 Å². The van der Waals surface area contributed by atoms with Crippen molar-refractivity contribution in [2.75, 3.05) is 22.9 Å². The van der Waals surface area contributed by atoms with Crippen LogP contribution in [0.5, 0.6) is 0 Å². The molecule has 4 rings (SSSR count). The fraction of sp³-hybridized carbons (Fsp3) is 0.458. The predicted octanol–water partition coefficient (Wildman–Crippen LogP) is 5.55. The molecule has 0 spiro atoms. The molecule has 3 heterocycles. The molecule has 0 atom stereocenters. The molecule has 36 heavy (non-hydrogen) atoms. The summed E-state index contributed by atoms with van der Waals surface area (Å²) >= 11 is 6.69. The maximum Gasteiger partial charge on any atom is 0.490 e. The van der Waals surface area contributed by atoms with E-state index in [2.05, 4.69) is 46.6 Å². The van der Waals surface area contributed by atoms with E-state index in [0.29, 0.717) is 0 Å². The molecule has 0 bridgehead atoms. The number of fused-ring (bicyclic) bond motifs is 1. The summed E-state index contributed by atoms with van der Waals surface area (Å²) in [6.07, 6.45) is 1.79. The van der Waals surface area contributed by atoms with Crippen molar-refractivity contribution in [3.8, 4) is 0 Å². The van der Waals surface area contributed by atoms with Crippen LogP contribution < -0.4 is 9.80 Å². The Kier molecular flexibility index (Phi) is 8.55. The quantitative estimate of drug-likeness (QED) is 0.438. The van der Waals surface area contributed by atoms with Crippen LogP contribution in [0.4, 0.5) is 30.5 Å². The van der Waals surface area contributed by atoms with E-state index in [-0.39, 0.29) is 0 Å². The number of aliphatic carboxylic acids is 1. The van der Waals surface area contributed by atoms with E-state index in [4.69, 9.17) is 26.6 Å². The minimum atomic E-state index is -5.08. The number of anilines is 3. The lowest BCUT2D eigenvalue weighted by Gasteiger charge is -2.31. The van der Waals surface area contributed by atoms with E-state index in [9.17, 15) is 13.2 Å². The zero-order valence-corrected chi connectivity index (χ0v) is 21.4. The fourth-order valence-electron chi connectivity index (χ4n) is 4.47. The number of hydrogen-bond acceptors (Lipinski definition) is 5. The lowest BCUT2D eigenvalue weighted by Crippen LogP contribution is -2.28. The first-order valence-electron chi connectivity index (χ1n) is 11.6. The summed E-state index contributed by atoms with van der Waals surface area (Å²) < 4.78 is 33.8. The highest BCUT2D eigenvalue weighted by atomic mass is 35.5. The summed E-state index contributed by atoms with van der Waals surface area (Å²) in [5, 5.41) is 12.9. The molecule has 0 amide bonds. The van der Waals surface area contributed by atoms with Crippen molar-refractivity contribution in [3.05, 3.63) is 52.1 Å². The largest absolute Gasteiger partial charge is 0.490 e. The summed E-state index contributed by atoms with van der Waals surface area (Å²) in [5.41, 5.74) is 5.80. The Bertz CT molecular complexity index is 1170. The Morgan fingerprint density at radius 2 is 2.00 bits per heavy atom. The molecule has 196 valence electrons. The number of carboxylic acid groups (broad SMARTS) is 1. The molecule has 1 aliphatic rings. The molecule has 2 N–H and O–H groups in total. The zero-order chi connectivity index (χ0) is 26.6. The van der Waals surface area contributed by atoms with Crippen molar-refractivity contribution in [1.82, 2.24) is 19.7 Å². The number of nitrogens with one attached hydrogen (secondary N) is 1. The number of benzene rings is 1. The molecule has 0 unspecified atom stereocenters. The van der Waals surface area contributed by atoms with Crippen molar-refractivity contribution >= 4 is 34.9 Å². The maximum absolute atomic E-state index is 10.6. The van der Waals surface area contributed by atoms with Gasteiger partial charge in [-0.25, -0.2) is 9.78 Å². The van der Waals surface area contributed by atoms with Gasteiger partial charge < -0.3 is 19.9 Å². The number of carbonyl (C=O) groups is 1. The average Bonchev–Trinajstić information content (AvgIpc) is 3.39. The highest BCUT2D eigenvalue weighted by Crippen LogP contribution is 2.42. The third-order valence-corrected chi connectivity index (χ3v) is 6.05. The van der Waals surface area contributed by atoms with Gasteiger partial charge in [0.2, 0.25) is 0 Å². The Hall–Kier alpha value is -3.21. The summed E-state index contributed by atoms with van der Waals surface area (Å²) in [5.74, 6) is -0.534. The molecule has 12 heteroatoms. The van der Waals surface area contributed by atoms with Crippen LogP contribution in [0.2, 0.25) is 5.02 Å². The Morgan fingerprint density at radius 1 is 1.31 bits per heavy atom. The highest BCUT2D eigenvalue weighted by molar-refractivity contribution is 6.33. The van der Waals surface area contributed by atoms with Crippen molar-refractivity contribution in [2.45, 2.75) is 52.8 Å². The Balaban J connectivity index is 0.000000454. The van der Waals surface area contributed by atoms with E-state index in [0.717, 1.165) is 61.1 Å². The zero-order valence-electron chi connectivity index (χ0n) is 20.7. The molecular weight excluding hydrogens is 497 g/mol. The van der Waals surface area contributed by atoms with E-state index in [1.54, 1.807) is 6.33 Å². The van der Waals surface area contributed by atoms with Crippen LogP contribution in [0, 0.1) is 13.8 Å². The molecule has 0 radical (unpaired) electrons. The fourth-order valence-corrected chi connectivity index (χ4v) is 4.89. The lowest BCUT2D eigenvalue weighted by atomic mass is 10.0. The molecule has 1 aromatic carbocycles. The van der Waals surface area contributed by atoms with E-state index < -0.39 is 12.1 Å². The molecule has 3 aromatic rings. The van der Waals surface area contributed by atoms with Crippen LogP contribution in [0.3, 0.4) is 0 Å². The SMILES string of the molecule is CCCN(Cc1c[nH]cn1)c1c2c(nn1C)N(c1c(C)cc(C)cc1Cl)CCC2.O=C(O)C(F)(F)F. The van der Waals surface area contributed by atoms with Gasteiger partial charge in [0.15, 0.2) is 5.82 Å². The smallest absolute Gasteiger partial charge is 0.475 e. The molecule has 0 aliphatic carbocycles. The van der Waals surface area contributed by atoms with E-state index in [1.807, 2.05) is 24.0 Å². The van der Waals surface area contributed by atoms with E-state index in [1.165, 1.54) is 22.5 Å². The maximum atomic E-state index is 10.6. The van der Waals surface area contributed by atoms with Crippen LogP contribution in [0.1, 0.15) is 42.1 Å². The molecule has 8 nitrogen and oxygen atoms in total. The van der Waals surface area contributed by atoms with Gasteiger partial charge in [0, 0.05) is 31.9 Å². The summed E-state index contributed by atoms with van der Waals surface area (Å²) in [6.45, 7) is 9.09. The minimum Gasteiger partial charge on any atom is -0.475 e. The first kappa shape index (κ1) is 27.4. The summed E-state index contributed by atoms with van der Waals surface area (Å²) in [6, 6.07) is 4.24. The number of aromatic amines is 1. The molecular formula is C24H30ClF3N6O2. The highest BCUT2D eigenvalue weighted by Gasteiger charge is 2.38. The monoisotopic (exact) mass is 526 g/mol. The van der Waals surface area contributed by atoms with Crippen LogP contribution in [-0.4, -0.2) is 50.1 Å². The second kappa shape index (κ2) is 11.2. The van der Waals surface area contributed by atoms with Crippen LogP contribution in [0.15, 0.2) is 24.7 Å². The van der Waals surface area contributed by atoms with Gasteiger partial charge >= 0.3 is 12.1 Å². The standard InChI is InChI=1S/C22H29ClN6.C2HF3O2/c1-5-8-28(13-17-12-24-14-25-17)22-18-7-6-9-29(21(18)26-27(22)4)20-16(3)10-15(2)11-19(20)23;3-2(4,5)1(6)7/h10-12,14H,5-9,13H2,1-4H3,(H,24,25);(H,6,7). The topological polar surface area (TPSA) is 90.3 Å². The number of imidazole rings is 1. The van der Waals surface area contributed by atoms with Crippen molar-refractivity contribution in [2.24, 2.45) is 7.05 Å². The van der Waals surface area contributed by atoms with Crippen LogP contribution >= 0.6 is 11.6 Å². The van der Waals surface area contributed by atoms with Gasteiger partial charge in [-0.15, -0.1) is 0 Å². The molecule has 0 saturated carbocycles. The van der Waals surface area contributed by atoms with Crippen molar-refractivity contribution in [1.29, 1.82) is 0 Å². The molecule has 1 aliphatic heterocycles. The predicted molar refractivity (Wildman–Crippen MR) is 133 cm³/mol. The second-order valence-electron chi connectivity index (χ2n) is 8.70. The lowest BCUT2D eigenvalue weighted by molar-refractivity contribution is -0.192. The van der Waals surface area contributed by atoms with E-state index >= 15 is 0 Å². The first-order valence-corrected chi connectivity index (χ1v) is 11.9. The van der Waals surface area contributed by atoms with Gasteiger partial charge in [0.05, 0.1) is 29.3 Å². The number of halogens is 4. The Morgan fingerprint density at radius 3 is 2.56 bits per heavy atom. The van der Waals surface area contributed by atoms with Gasteiger partial charge in [-0.2, -0.15) is 18.3 Å².